The number of benzene rings is 1. The van der Waals surface area contributed by atoms with Crippen LogP contribution in [0, 0.1) is 6.92 Å². The molecular weight excluding hydrogens is 312 g/mol. The molecule has 0 atom stereocenters. The molecule has 0 aliphatic carbocycles. The van der Waals surface area contributed by atoms with E-state index in [-0.39, 0.29) is 5.78 Å². The number of carbonyl (C=O) groups excluding carboxylic acids is 1. The first kappa shape index (κ1) is 13.3. The van der Waals surface area contributed by atoms with Gasteiger partial charge in [0, 0.05) is 10.9 Å². The van der Waals surface area contributed by atoms with E-state index in [1.807, 2.05) is 42.6 Å². The highest BCUT2D eigenvalue weighted by Crippen LogP contribution is 2.24. The maximum atomic E-state index is 11.9. The van der Waals surface area contributed by atoms with Gasteiger partial charge in [-0.05, 0) is 52.0 Å². The maximum Gasteiger partial charge on any atom is 0.177 e. The summed E-state index contributed by atoms with van der Waals surface area (Å²) in [5, 5.41) is 1.90. The topological polar surface area (TPSA) is 26.3 Å². The third kappa shape index (κ3) is 3.43. The van der Waals surface area contributed by atoms with Crippen LogP contribution in [0.15, 0.2) is 40.2 Å². The van der Waals surface area contributed by atoms with Crippen molar-refractivity contribution in [2.75, 3.05) is 6.61 Å². The summed E-state index contributed by atoms with van der Waals surface area (Å²) in [7, 11) is 0. The fraction of sp³-hybridized carbons (Fsp3) is 0.214. The second-order valence-electron chi connectivity index (χ2n) is 3.94. The van der Waals surface area contributed by atoms with Gasteiger partial charge in [-0.15, -0.1) is 11.3 Å². The second-order valence-corrected chi connectivity index (χ2v) is 5.71. The van der Waals surface area contributed by atoms with E-state index in [1.54, 1.807) is 0 Å². The van der Waals surface area contributed by atoms with Crippen molar-refractivity contribution in [3.8, 4) is 5.75 Å². The average molecular weight is 325 g/mol. The summed E-state index contributed by atoms with van der Waals surface area (Å²) in [6.07, 6.45) is 0.396. The molecular formula is C14H13BrO2S. The Bertz CT molecular complexity index is 548. The molecule has 0 aliphatic rings. The minimum atomic E-state index is 0.115. The van der Waals surface area contributed by atoms with Gasteiger partial charge in [0.05, 0.1) is 11.5 Å². The molecule has 0 unspecified atom stereocenters. The number of halogens is 1. The van der Waals surface area contributed by atoms with E-state index in [0.717, 1.165) is 20.7 Å². The van der Waals surface area contributed by atoms with E-state index in [4.69, 9.17) is 4.74 Å². The largest absolute Gasteiger partial charge is 0.493 e. The molecule has 94 valence electrons. The lowest BCUT2D eigenvalue weighted by Gasteiger charge is -2.05. The monoisotopic (exact) mass is 324 g/mol. The number of rotatable bonds is 5. The maximum absolute atomic E-state index is 11.9. The molecule has 1 aromatic heterocycles. The highest BCUT2D eigenvalue weighted by Gasteiger charge is 2.11. The van der Waals surface area contributed by atoms with Crippen molar-refractivity contribution in [1.29, 1.82) is 0 Å². The van der Waals surface area contributed by atoms with Crippen LogP contribution in [0.4, 0.5) is 0 Å². The molecule has 1 heterocycles. The molecule has 18 heavy (non-hydrogen) atoms. The highest BCUT2D eigenvalue weighted by molar-refractivity contribution is 9.10. The highest BCUT2D eigenvalue weighted by atomic mass is 79.9. The molecule has 0 amide bonds. The Balaban J connectivity index is 1.86. The lowest BCUT2D eigenvalue weighted by Crippen LogP contribution is -2.05. The van der Waals surface area contributed by atoms with Gasteiger partial charge in [-0.2, -0.15) is 0 Å². The van der Waals surface area contributed by atoms with E-state index in [2.05, 4.69) is 15.9 Å². The number of Topliss-reactive ketones (excluding diaryl/α,β-unsaturated/α-hetero) is 1. The molecule has 0 bridgehead atoms. The van der Waals surface area contributed by atoms with Crippen LogP contribution in [0.1, 0.15) is 21.7 Å². The Labute approximate surface area is 119 Å². The molecule has 0 aliphatic heterocycles. The molecule has 2 rings (SSSR count). The molecule has 0 fully saturated rings. The standard InChI is InChI=1S/C14H13BrO2S/c1-10-3-2-4-11(9-10)17-7-5-13(16)14-12(15)6-8-18-14/h2-4,6,8-9H,5,7H2,1H3. The quantitative estimate of drug-likeness (QED) is 0.758. The zero-order chi connectivity index (χ0) is 13.0. The Morgan fingerprint density at radius 3 is 2.89 bits per heavy atom. The number of ether oxygens (including phenoxy) is 1. The van der Waals surface area contributed by atoms with E-state index >= 15 is 0 Å². The second kappa shape index (κ2) is 6.16. The van der Waals surface area contributed by atoms with Crippen molar-refractivity contribution in [3.63, 3.8) is 0 Å². The predicted molar refractivity (Wildman–Crippen MR) is 77.6 cm³/mol. The van der Waals surface area contributed by atoms with Crippen molar-refractivity contribution in [2.24, 2.45) is 0 Å². The van der Waals surface area contributed by atoms with Crippen molar-refractivity contribution in [3.05, 3.63) is 50.6 Å². The Morgan fingerprint density at radius 1 is 1.39 bits per heavy atom. The zero-order valence-electron chi connectivity index (χ0n) is 9.98. The number of aryl methyl sites for hydroxylation is 1. The SMILES string of the molecule is Cc1cccc(OCCC(=O)c2sccc2Br)c1. The van der Waals surface area contributed by atoms with Crippen molar-refractivity contribution in [2.45, 2.75) is 13.3 Å². The third-order valence-electron chi connectivity index (χ3n) is 2.46. The Kier molecular flexibility index (Phi) is 4.55. The fourth-order valence-electron chi connectivity index (χ4n) is 1.57. The van der Waals surface area contributed by atoms with Gasteiger partial charge >= 0.3 is 0 Å². The lowest BCUT2D eigenvalue weighted by atomic mass is 10.2. The molecule has 2 aromatic rings. The summed E-state index contributed by atoms with van der Waals surface area (Å²) >= 11 is 4.82. The van der Waals surface area contributed by atoms with Gasteiger partial charge < -0.3 is 4.74 Å². The van der Waals surface area contributed by atoms with Gasteiger partial charge in [0.25, 0.3) is 0 Å². The van der Waals surface area contributed by atoms with Crippen LogP contribution in [-0.4, -0.2) is 12.4 Å². The summed E-state index contributed by atoms with van der Waals surface area (Å²) in [5.74, 6) is 0.928. The van der Waals surface area contributed by atoms with Crippen molar-refractivity contribution in [1.82, 2.24) is 0 Å². The molecule has 0 spiro atoms. The van der Waals surface area contributed by atoms with Gasteiger partial charge in [-0.1, -0.05) is 12.1 Å². The summed E-state index contributed by atoms with van der Waals surface area (Å²) < 4.78 is 6.43. The van der Waals surface area contributed by atoms with Crippen molar-refractivity contribution < 1.29 is 9.53 Å². The first-order valence-corrected chi connectivity index (χ1v) is 7.30. The van der Waals surface area contributed by atoms with Gasteiger partial charge in [0.15, 0.2) is 5.78 Å². The predicted octanol–water partition coefficient (Wildman–Crippen LogP) is 4.47. The molecule has 0 radical (unpaired) electrons. The van der Waals surface area contributed by atoms with Crippen LogP contribution < -0.4 is 4.74 Å². The third-order valence-corrected chi connectivity index (χ3v) is 4.34. The average Bonchev–Trinajstić information content (AvgIpc) is 2.75. The number of carbonyl (C=O) groups is 1. The number of hydrogen-bond donors (Lipinski definition) is 0. The van der Waals surface area contributed by atoms with E-state index in [1.165, 1.54) is 11.3 Å². The van der Waals surface area contributed by atoms with Gasteiger partial charge in [0.1, 0.15) is 5.75 Å². The van der Waals surface area contributed by atoms with Gasteiger partial charge in [0.2, 0.25) is 0 Å². The van der Waals surface area contributed by atoms with E-state index < -0.39 is 0 Å². The molecule has 0 N–H and O–H groups in total. The minimum absolute atomic E-state index is 0.115. The molecule has 1 aromatic carbocycles. The summed E-state index contributed by atoms with van der Waals surface area (Å²) in [6, 6.07) is 9.71. The number of ketones is 1. The molecule has 0 saturated carbocycles. The van der Waals surface area contributed by atoms with Crippen LogP contribution in [0.5, 0.6) is 5.75 Å². The van der Waals surface area contributed by atoms with Crippen LogP contribution in [0.2, 0.25) is 0 Å². The number of hydrogen-bond acceptors (Lipinski definition) is 3. The summed E-state index contributed by atoms with van der Waals surface area (Å²) in [6.45, 7) is 2.42. The van der Waals surface area contributed by atoms with Gasteiger partial charge in [-0.3, -0.25) is 4.79 Å². The molecule has 2 nitrogen and oxygen atoms in total. The fourth-order valence-corrected chi connectivity index (χ4v) is 3.14. The summed E-state index contributed by atoms with van der Waals surface area (Å²) in [5.41, 5.74) is 1.15. The Hall–Kier alpha value is -1.13. The van der Waals surface area contributed by atoms with Crippen LogP contribution in [-0.2, 0) is 0 Å². The van der Waals surface area contributed by atoms with E-state index in [0.29, 0.717) is 13.0 Å². The van der Waals surface area contributed by atoms with Crippen LogP contribution >= 0.6 is 27.3 Å². The minimum Gasteiger partial charge on any atom is -0.493 e. The first-order chi connectivity index (χ1) is 8.66. The smallest absolute Gasteiger partial charge is 0.177 e. The van der Waals surface area contributed by atoms with Crippen LogP contribution in [0.3, 0.4) is 0 Å². The molecule has 4 heteroatoms. The zero-order valence-corrected chi connectivity index (χ0v) is 12.4. The van der Waals surface area contributed by atoms with Gasteiger partial charge in [-0.25, -0.2) is 0 Å². The Morgan fingerprint density at radius 2 is 2.22 bits per heavy atom. The van der Waals surface area contributed by atoms with Crippen LogP contribution in [0.25, 0.3) is 0 Å². The first-order valence-electron chi connectivity index (χ1n) is 5.62. The van der Waals surface area contributed by atoms with Crippen molar-refractivity contribution >= 4 is 33.0 Å². The number of thiophene rings is 1. The normalized spacial score (nSPS) is 10.3. The summed E-state index contributed by atoms with van der Waals surface area (Å²) in [4.78, 5) is 12.7. The van der Waals surface area contributed by atoms with E-state index in [9.17, 15) is 4.79 Å². The lowest BCUT2D eigenvalue weighted by molar-refractivity contribution is 0.0965. The molecule has 0 saturated heterocycles.